The second-order valence-electron chi connectivity index (χ2n) is 4.70. The molecule has 2 N–H and O–H groups in total. The highest BCUT2D eigenvalue weighted by molar-refractivity contribution is 5.95. The molecule has 0 spiro atoms. The van der Waals surface area contributed by atoms with Gasteiger partial charge in [-0.05, 0) is 17.7 Å². The monoisotopic (exact) mass is 313 g/mol. The molecule has 7 heteroatoms. The third-order valence-electron chi connectivity index (χ3n) is 3.33. The lowest BCUT2D eigenvalue weighted by Crippen LogP contribution is -2.11. The molecule has 0 fully saturated rings. The van der Waals surface area contributed by atoms with Crippen LogP contribution in [0.25, 0.3) is 5.69 Å². The van der Waals surface area contributed by atoms with E-state index in [9.17, 15) is 9.59 Å². The molecule has 2 rings (SSSR count). The van der Waals surface area contributed by atoms with Gasteiger partial charge in [0.05, 0.1) is 31.9 Å². The van der Waals surface area contributed by atoms with Crippen molar-refractivity contribution < 1.29 is 19.1 Å². The molecule has 1 aromatic carbocycles. The molecule has 0 atom stereocenters. The van der Waals surface area contributed by atoms with E-state index in [1.165, 1.54) is 25.0 Å². The molecular weight excluding hydrogens is 298 g/mol. The van der Waals surface area contributed by atoms with Crippen LogP contribution in [0, 0.1) is 11.3 Å². The first-order chi connectivity index (χ1) is 11.0. The van der Waals surface area contributed by atoms with Crippen LogP contribution in [0.1, 0.15) is 21.6 Å². The zero-order chi connectivity index (χ0) is 17.0. The van der Waals surface area contributed by atoms with Crippen molar-refractivity contribution in [1.82, 2.24) is 4.57 Å². The van der Waals surface area contributed by atoms with Crippen LogP contribution in [0.2, 0.25) is 0 Å². The maximum Gasteiger partial charge on any atom is 0.357 e. The van der Waals surface area contributed by atoms with Crippen LogP contribution in [0.4, 0.5) is 5.69 Å². The average Bonchev–Trinajstić information content (AvgIpc) is 2.91. The number of nitrogen functional groups attached to an aromatic ring is 1. The van der Waals surface area contributed by atoms with Crippen molar-refractivity contribution in [2.45, 2.75) is 6.42 Å². The molecule has 0 aliphatic rings. The van der Waals surface area contributed by atoms with E-state index in [4.69, 9.17) is 15.7 Å². The Morgan fingerprint density at radius 3 is 2.39 bits per heavy atom. The van der Waals surface area contributed by atoms with E-state index in [0.717, 1.165) is 5.56 Å². The second kappa shape index (κ2) is 6.66. The van der Waals surface area contributed by atoms with Crippen molar-refractivity contribution in [2.75, 3.05) is 20.0 Å². The summed E-state index contributed by atoms with van der Waals surface area (Å²) in [5, 5.41) is 9.08. The van der Waals surface area contributed by atoms with Gasteiger partial charge in [0.25, 0.3) is 0 Å². The number of methoxy groups -OCH3 is 2. The van der Waals surface area contributed by atoms with Crippen LogP contribution in [-0.2, 0) is 20.7 Å². The molecule has 7 nitrogen and oxygen atoms in total. The molecule has 0 saturated heterocycles. The molecule has 2 aromatic rings. The van der Waals surface area contributed by atoms with Gasteiger partial charge in [-0.1, -0.05) is 12.1 Å². The molecule has 1 aromatic heterocycles. The summed E-state index contributed by atoms with van der Waals surface area (Å²) in [4.78, 5) is 23.2. The highest BCUT2D eigenvalue weighted by Gasteiger charge is 2.21. The number of hydrogen-bond acceptors (Lipinski definition) is 6. The van der Waals surface area contributed by atoms with Crippen LogP contribution >= 0.6 is 0 Å². The molecule has 0 aliphatic heterocycles. The Labute approximate surface area is 132 Å². The number of aromatic nitrogens is 1. The molecule has 0 bridgehead atoms. The minimum Gasteiger partial charge on any atom is -0.469 e. The van der Waals surface area contributed by atoms with Gasteiger partial charge in [-0.2, -0.15) is 5.26 Å². The fourth-order valence-corrected chi connectivity index (χ4v) is 2.13. The number of rotatable bonds is 4. The number of carbonyl (C=O) groups excluding carboxylic acids is 2. The van der Waals surface area contributed by atoms with E-state index in [2.05, 4.69) is 4.74 Å². The summed E-state index contributed by atoms with van der Waals surface area (Å²) in [6.45, 7) is 0. The standard InChI is InChI=1S/C16H15N3O4/c1-22-13(20)7-10-3-5-12(6-4-10)19-9-11(8-17)14(18)15(19)16(21)23-2/h3-6,9H,7,18H2,1-2H3. The van der Waals surface area contributed by atoms with Crippen molar-refractivity contribution in [2.24, 2.45) is 0 Å². The first-order valence-corrected chi connectivity index (χ1v) is 6.67. The second-order valence-corrected chi connectivity index (χ2v) is 4.70. The van der Waals surface area contributed by atoms with E-state index >= 15 is 0 Å². The highest BCUT2D eigenvalue weighted by atomic mass is 16.5. The Morgan fingerprint density at radius 2 is 1.87 bits per heavy atom. The minimum absolute atomic E-state index is 0.0676. The number of nitriles is 1. The zero-order valence-electron chi connectivity index (χ0n) is 12.7. The Kier molecular flexibility index (Phi) is 4.66. The lowest BCUT2D eigenvalue weighted by Gasteiger charge is -2.09. The maximum absolute atomic E-state index is 11.9. The van der Waals surface area contributed by atoms with E-state index in [-0.39, 0.29) is 29.3 Å². The molecular formula is C16H15N3O4. The fourth-order valence-electron chi connectivity index (χ4n) is 2.13. The molecule has 118 valence electrons. The SMILES string of the molecule is COC(=O)Cc1ccc(-n2cc(C#N)c(N)c2C(=O)OC)cc1. The van der Waals surface area contributed by atoms with Crippen molar-refractivity contribution in [3.05, 3.63) is 47.3 Å². The predicted octanol–water partition coefficient (Wildman–Crippen LogP) is 1.43. The molecule has 0 radical (unpaired) electrons. The number of anilines is 1. The third-order valence-corrected chi connectivity index (χ3v) is 3.33. The molecule has 0 saturated carbocycles. The van der Waals surface area contributed by atoms with Gasteiger partial charge in [0.15, 0.2) is 5.69 Å². The van der Waals surface area contributed by atoms with Gasteiger partial charge >= 0.3 is 11.9 Å². The molecule has 23 heavy (non-hydrogen) atoms. The molecule has 0 amide bonds. The van der Waals surface area contributed by atoms with E-state index in [1.54, 1.807) is 24.3 Å². The summed E-state index contributed by atoms with van der Waals surface area (Å²) in [6, 6.07) is 8.83. The summed E-state index contributed by atoms with van der Waals surface area (Å²) in [5.41, 5.74) is 7.56. The van der Waals surface area contributed by atoms with Crippen molar-refractivity contribution >= 4 is 17.6 Å². The third kappa shape index (κ3) is 3.16. The van der Waals surface area contributed by atoms with E-state index < -0.39 is 5.97 Å². The average molecular weight is 313 g/mol. The summed E-state index contributed by atoms with van der Waals surface area (Å²) in [6.07, 6.45) is 1.62. The summed E-state index contributed by atoms with van der Waals surface area (Å²) >= 11 is 0. The quantitative estimate of drug-likeness (QED) is 0.856. The molecule has 1 heterocycles. The Bertz CT molecular complexity index is 785. The predicted molar refractivity (Wildman–Crippen MR) is 82.0 cm³/mol. The Morgan fingerprint density at radius 1 is 1.22 bits per heavy atom. The van der Waals surface area contributed by atoms with E-state index in [1.807, 2.05) is 6.07 Å². The van der Waals surface area contributed by atoms with Crippen LogP contribution < -0.4 is 5.73 Å². The number of esters is 2. The number of carbonyl (C=O) groups is 2. The largest absolute Gasteiger partial charge is 0.469 e. The van der Waals surface area contributed by atoms with Gasteiger partial charge in [-0.25, -0.2) is 4.79 Å². The number of benzene rings is 1. The molecule has 0 unspecified atom stereocenters. The summed E-state index contributed by atoms with van der Waals surface area (Å²) in [5.74, 6) is -0.979. The summed E-state index contributed by atoms with van der Waals surface area (Å²) in [7, 11) is 2.57. The lowest BCUT2D eigenvalue weighted by atomic mass is 10.1. The highest BCUT2D eigenvalue weighted by Crippen LogP contribution is 2.24. The first kappa shape index (κ1) is 16.1. The smallest absolute Gasteiger partial charge is 0.357 e. The van der Waals surface area contributed by atoms with Gasteiger partial charge in [-0.15, -0.1) is 0 Å². The van der Waals surface area contributed by atoms with Gasteiger partial charge in [0, 0.05) is 11.9 Å². The van der Waals surface area contributed by atoms with Gasteiger partial charge in [0.2, 0.25) is 0 Å². The lowest BCUT2D eigenvalue weighted by molar-refractivity contribution is -0.139. The Hall–Kier alpha value is -3.27. The van der Waals surface area contributed by atoms with Crippen molar-refractivity contribution in [3.63, 3.8) is 0 Å². The minimum atomic E-state index is -0.636. The molecule has 0 aliphatic carbocycles. The number of ether oxygens (including phenoxy) is 2. The zero-order valence-corrected chi connectivity index (χ0v) is 12.7. The van der Waals surface area contributed by atoms with E-state index in [0.29, 0.717) is 5.69 Å². The van der Waals surface area contributed by atoms with Gasteiger partial charge in [0.1, 0.15) is 6.07 Å². The summed E-state index contributed by atoms with van der Waals surface area (Å²) < 4.78 is 10.8. The van der Waals surface area contributed by atoms with Gasteiger partial charge in [-0.3, -0.25) is 4.79 Å². The Balaban J connectivity index is 2.44. The van der Waals surface area contributed by atoms with Crippen LogP contribution in [0.3, 0.4) is 0 Å². The fraction of sp³-hybridized carbons (Fsp3) is 0.188. The number of hydrogen-bond donors (Lipinski definition) is 1. The maximum atomic E-state index is 11.9. The van der Waals surface area contributed by atoms with Crippen LogP contribution in [0.5, 0.6) is 0 Å². The van der Waals surface area contributed by atoms with Crippen molar-refractivity contribution in [3.8, 4) is 11.8 Å². The first-order valence-electron chi connectivity index (χ1n) is 6.67. The van der Waals surface area contributed by atoms with Crippen LogP contribution in [-0.4, -0.2) is 30.7 Å². The van der Waals surface area contributed by atoms with Gasteiger partial charge < -0.3 is 19.8 Å². The number of nitrogens with two attached hydrogens (primary N) is 1. The normalized spacial score (nSPS) is 9.96. The van der Waals surface area contributed by atoms with Crippen LogP contribution in [0.15, 0.2) is 30.5 Å². The number of nitrogens with zero attached hydrogens (tertiary/aromatic N) is 2. The van der Waals surface area contributed by atoms with Crippen molar-refractivity contribution in [1.29, 1.82) is 5.26 Å². The topological polar surface area (TPSA) is 107 Å².